The lowest BCUT2D eigenvalue weighted by Crippen LogP contribution is -2.23. The van der Waals surface area contributed by atoms with Gasteiger partial charge in [0, 0.05) is 7.05 Å². The number of halogens is 1. The van der Waals surface area contributed by atoms with Gasteiger partial charge in [0.1, 0.15) is 6.61 Å². The molecule has 7 nitrogen and oxygen atoms in total. The number of likely N-dealkylation sites (N-methyl/N-ethyl adjacent to an activating group) is 1. The van der Waals surface area contributed by atoms with Gasteiger partial charge in [0.15, 0.2) is 16.7 Å². The molecule has 9 heteroatoms. The van der Waals surface area contributed by atoms with Crippen molar-refractivity contribution in [1.29, 1.82) is 0 Å². The van der Waals surface area contributed by atoms with E-state index in [0.717, 1.165) is 9.13 Å². The number of thioether (sulfide) groups is 1. The summed E-state index contributed by atoms with van der Waals surface area (Å²) in [5.74, 6) is 0.629. The van der Waals surface area contributed by atoms with Crippen molar-refractivity contribution in [2.75, 3.05) is 27.4 Å². The Hall–Kier alpha value is -2.79. The number of benzene rings is 2. The third kappa shape index (κ3) is 5.97. The second-order valence-electron chi connectivity index (χ2n) is 6.77. The number of methoxy groups -OCH3 is 1. The van der Waals surface area contributed by atoms with Crippen LogP contribution in [-0.2, 0) is 9.53 Å². The van der Waals surface area contributed by atoms with E-state index in [1.54, 1.807) is 57.5 Å². The fourth-order valence-corrected chi connectivity index (χ4v) is 4.70. The van der Waals surface area contributed by atoms with E-state index in [1.807, 2.05) is 12.1 Å². The minimum Gasteiger partial charge on any atom is -0.493 e. The van der Waals surface area contributed by atoms with E-state index in [4.69, 9.17) is 14.2 Å². The van der Waals surface area contributed by atoms with Crippen molar-refractivity contribution >= 4 is 63.2 Å². The van der Waals surface area contributed by atoms with Crippen LogP contribution >= 0.6 is 34.4 Å². The number of esters is 1. The van der Waals surface area contributed by atoms with Crippen LogP contribution in [0.5, 0.6) is 11.5 Å². The van der Waals surface area contributed by atoms with Crippen LogP contribution in [0.15, 0.2) is 59.0 Å². The number of ether oxygens (including phenoxy) is 3. The Bertz CT molecular complexity index is 1150. The fourth-order valence-electron chi connectivity index (χ4n) is 2.94. The molecule has 33 heavy (non-hydrogen) atoms. The number of amides is 1. The number of nitrogens with zero attached hydrogens (tertiary/aromatic N) is 2. The summed E-state index contributed by atoms with van der Waals surface area (Å²) < 4.78 is 17.1. The monoisotopic (exact) mass is 578 g/mol. The Labute approximate surface area is 210 Å². The summed E-state index contributed by atoms with van der Waals surface area (Å²) in [5, 5.41) is 0.514. The summed E-state index contributed by atoms with van der Waals surface area (Å²) in [6.07, 6.45) is 3.46. The summed E-state index contributed by atoms with van der Waals surface area (Å²) in [4.78, 5) is 31.4. The van der Waals surface area contributed by atoms with Crippen molar-refractivity contribution in [1.82, 2.24) is 4.90 Å². The molecule has 1 heterocycles. The Balaban J connectivity index is 1.88. The Kier molecular flexibility index (Phi) is 8.56. The van der Waals surface area contributed by atoms with Crippen molar-refractivity contribution in [2.24, 2.45) is 4.99 Å². The highest BCUT2D eigenvalue weighted by atomic mass is 127. The van der Waals surface area contributed by atoms with Crippen molar-refractivity contribution in [2.45, 2.75) is 6.92 Å². The Morgan fingerprint density at radius 2 is 2.09 bits per heavy atom. The molecule has 0 saturated carbocycles. The van der Waals surface area contributed by atoms with Gasteiger partial charge in [-0.25, -0.2) is 9.79 Å². The van der Waals surface area contributed by atoms with Gasteiger partial charge in [0.05, 0.1) is 33.4 Å². The van der Waals surface area contributed by atoms with Crippen LogP contribution in [0.3, 0.4) is 0 Å². The molecule has 0 spiro atoms. The number of amidine groups is 1. The standard InChI is InChI=1S/C24H23IN2O5S/c1-5-10-32-21-18(25)11-15(12-19(21)30-4)13-20-22(28)27(3)24(33-20)26-17-9-7-8-16(14-17)23(29)31-6-2/h5,7-9,11-14H,1,6,10H2,2-4H3. The molecule has 0 radical (unpaired) electrons. The lowest BCUT2D eigenvalue weighted by atomic mass is 10.2. The molecule has 2 aromatic rings. The lowest BCUT2D eigenvalue weighted by molar-refractivity contribution is -0.121. The first-order valence-electron chi connectivity index (χ1n) is 10.0. The maximum atomic E-state index is 12.8. The van der Waals surface area contributed by atoms with Gasteiger partial charge in [-0.05, 0) is 83.2 Å². The summed E-state index contributed by atoms with van der Waals surface area (Å²) in [5.41, 5.74) is 1.77. The average molecular weight is 578 g/mol. The molecule has 1 aliphatic rings. The minimum absolute atomic E-state index is 0.166. The molecule has 0 bridgehead atoms. The van der Waals surface area contributed by atoms with Crippen LogP contribution < -0.4 is 9.47 Å². The number of rotatable bonds is 8. The van der Waals surface area contributed by atoms with Gasteiger partial charge in [0.2, 0.25) is 0 Å². The maximum Gasteiger partial charge on any atom is 0.338 e. The third-order valence-electron chi connectivity index (χ3n) is 4.48. The van der Waals surface area contributed by atoms with E-state index in [9.17, 15) is 9.59 Å². The average Bonchev–Trinajstić information content (AvgIpc) is 3.06. The molecule has 0 aromatic heterocycles. The van der Waals surface area contributed by atoms with Crippen LogP contribution in [0.4, 0.5) is 5.69 Å². The van der Waals surface area contributed by atoms with Gasteiger partial charge in [-0.2, -0.15) is 0 Å². The van der Waals surface area contributed by atoms with E-state index in [0.29, 0.717) is 46.0 Å². The SMILES string of the molecule is C=CCOc1c(I)cc(C=C2SC(=Nc3cccc(C(=O)OCC)c3)N(C)C2=O)cc1OC. The molecular formula is C24H23IN2O5S. The molecule has 172 valence electrons. The van der Waals surface area contributed by atoms with Crippen LogP contribution in [0.1, 0.15) is 22.8 Å². The first-order chi connectivity index (χ1) is 15.9. The highest BCUT2D eigenvalue weighted by Crippen LogP contribution is 2.37. The molecule has 3 rings (SSSR count). The summed E-state index contributed by atoms with van der Waals surface area (Å²) >= 11 is 3.43. The number of aliphatic imine (C=N–C) groups is 1. The Morgan fingerprint density at radius 3 is 2.79 bits per heavy atom. The van der Waals surface area contributed by atoms with Crippen molar-refractivity contribution in [3.05, 3.63) is 68.7 Å². The second kappa shape index (κ2) is 11.4. The molecule has 2 aromatic carbocycles. The molecule has 0 aliphatic carbocycles. The molecule has 1 aliphatic heterocycles. The van der Waals surface area contributed by atoms with E-state index < -0.39 is 5.97 Å². The van der Waals surface area contributed by atoms with Crippen LogP contribution in [-0.4, -0.2) is 49.3 Å². The molecule has 1 amide bonds. The van der Waals surface area contributed by atoms with Crippen molar-refractivity contribution < 1.29 is 23.8 Å². The zero-order valence-corrected chi connectivity index (χ0v) is 21.4. The van der Waals surface area contributed by atoms with Crippen molar-refractivity contribution in [3.8, 4) is 11.5 Å². The number of carbonyl (C=O) groups excluding carboxylic acids is 2. The lowest BCUT2D eigenvalue weighted by Gasteiger charge is -2.12. The van der Waals surface area contributed by atoms with Gasteiger partial charge in [-0.1, -0.05) is 18.7 Å². The van der Waals surface area contributed by atoms with E-state index >= 15 is 0 Å². The van der Waals surface area contributed by atoms with Gasteiger partial charge in [0.25, 0.3) is 5.91 Å². The molecule has 1 saturated heterocycles. The van der Waals surface area contributed by atoms with Crippen LogP contribution in [0, 0.1) is 3.57 Å². The molecule has 0 unspecified atom stereocenters. The first-order valence-corrected chi connectivity index (χ1v) is 11.9. The fraction of sp³-hybridized carbons (Fsp3) is 0.208. The van der Waals surface area contributed by atoms with Gasteiger partial charge < -0.3 is 14.2 Å². The number of hydrogen-bond donors (Lipinski definition) is 0. The summed E-state index contributed by atoms with van der Waals surface area (Å²) in [7, 11) is 3.24. The molecule has 1 fully saturated rings. The normalized spacial score (nSPS) is 15.8. The third-order valence-corrected chi connectivity index (χ3v) is 6.34. The van der Waals surface area contributed by atoms with E-state index in [2.05, 4.69) is 34.2 Å². The zero-order chi connectivity index (χ0) is 24.0. The second-order valence-corrected chi connectivity index (χ2v) is 8.95. The van der Waals surface area contributed by atoms with Gasteiger partial charge >= 0.3 is 5.97 Å². The van der Waals surface area contributed by atoms with Crippen LogP contribution in [0.2, 0.25) is 0 Å². The molecule has 0 N–H and O–H groups in total. The Morgan fingerprint density at radius 1 is 1.30 bits per heavy atom. The van der Waals surface area contributed by atoms with E-state index in [1.165, 1.54) is 16.7 Å². The highest BCUT2D eigenvalue weighted by Gasteiger charge is 2.30. The topological polar surface area (TPSA) is 77.4 Å². The molecule has 0 atom stereocenters. The van der Waals surface area contributed by atoms with Crippen molar-refractivity contribution in [3.63, 3.8) is 0 Å². The quantitative estimate of drug-likeness (QED) is 0.184. The number of hydrogen-bond acceptors (Lipinski definition) is 7. The predicted molar refractivity (Wildman–Crippen MR) is 139 cm³/mol. The summed E-state index contributed by atoms with van der Waals surface area (Å²) in [6, 6.07) is 10.5. The summed E-state index contributed by atoms with van der Waals surface area (Å²) in [6.45, 7) is 6.08. The predicted octanol–water partition coefficient (Wildman–Crippen LogP) is 5.28. The zero-order valence-electron chi connectivity index (χ0n) is 18.5. The van der Waals surface area contributed by atoms with E-state index in [-0.39, 0.29) is 5.91 Å². The molecular weight excluding hydrogens is 555 g/mol. The first kappa shape index (κ1) is 24.8. The largest absolute Gasteiger partial charge is 0.493 e. The minimum atomic E-state index is -0.410. The van der Waals surface area contributed by atoms with Crippen LogP contribution in [0.25, 0.3) is 6.08 Å². The van der Waals surface area contributed by atoms with Gasteiger partial charge in [-0.15, -0.1) is 0 Å². The number of carbonyl (C=O) groups is 2. The highest BCUT2D eigenvalue weighted by molar-refractivity contribution is 14.1. The van der Waals surface area contributed by atoms with Gasteiger partial charge in [-0.3, -0.25) is 9.69 Å². The maximum absolute atomic E-state index is 12.8. The smallest absolute Gasteiger partial charge is 0.338 e.